The average molecular weight is 707 g/mol. The van der Waals surface area contributed by atoms with E-state index < -0.39 is 58.4 Å². The average Bonchev–Trinajstić information content (AvgIpc) is 3.07. The van der Waals surface area contributed by atoms with Crippen molar-refractivity contribution in [3.8, 4) is 0 Å². The van der Waals surface area contributed by atoms with Crippen LogP contribution in [0.5, 0.6) is 0 Å². The first-order valence-electron chi connectivity index (χ1n) is 19.1. The van der Waals surface area contributed by atoms with Crippen molar-refractivity contribution in [2.24, 2.45) is 0 Å². The second kappa shape index (κ2) is 34.2. The van der Waals surface area contributed by atoms with E-state index in [4.69, 9.17) is 18.5 Å². The molecule has 0 saturated heterocycles. The van der Waals surface area contributed by atoms with E-state index in [2.05, 4.69) is 26.0 Å². The van der Waals surface area contributed by atoms with Gasteiger partial charge in [0, 0.05) is 12.8 Å². The molecule has 0 aliphatic rings. The second-order valence-corrected chi connectivity index (χ2v) is 14.4. The minimum atomic E-state index is -4.62. The lowest BCUT2D eigenvalue weighted by Gasteiger charge is -2.20. The third-order valence-electron chi connectivity index (χ3n) is 8.23. The number of carbonyl (C=O) groups is 2. The summed E-state index contributed by atoms with van der Waals surface area (Å²) in [5.41, 5.74) is 0. The number of unbranched alkanes of at least 4 members (excludes halogenated alkanes) is 20. The van der Waals surface area contributed by atoms with Gasteiger partial charge in [-0.25, -0.2) is 4.57 Å². The molecule has 0 aliphatic carbocycles. The van der Waals surface area contributed by atoms with Crippen LogP contribution >= 0.6 is 7.82 Å². The molecule has 48 heavy (non-hydrogen) atoms. The Kier molecular flexibility index (Phi) is 33.3. The summed E-state index contributed by atoms with van der Waals surface area (Å²) < 4.78 is 32.3. The van der Waals surface area contributed by atoms with Crippen molar-refractivity contribution >= 4 is 19.8 Å². The Morgan fingerprint density at radius 2 is 0.854 bits per heavy atom. The highest BCUT2D eigenvalue weighted by atomic mass is 31.2. The number of aliphatic hydroxyl groups excluding tert-OH is 2. The maximum atomic E-state index is 12.3. The fourth-order valence-corrected chi connectivity index (χ4v) is 6.01. The molecule has 0 heterocycles. The second-order valence-electron chi connectivity index (χ2n) is 12.9. The SMILES string of the molecule is CCCCCCCCC/C=C\CCCCCCCCCC(=O)OC(CO)COP(=O)(O)OCC(CO)OC(=O)CCCCCCCCC. The first-order chi connectivity index (χ1) is 23.3. The fourth-order valence-electron chi connectivity index (χ4n) is 5.23. The Balaban J connectivity index is 3.91. The molecule has 284 valence electrons. The first-order valence-corrected chi connectivity index (χ1v) is 20.6. The highest BCUT2D eigenvalue weighted by Crippen LogP contribution is 2.43. The van der Waals surface area contributed by atoms with Gasteiger partial charge in [0.1, 0.15) is 12.2 Å². The maximum Gasteiger partial charge on any atom is 0.472 e. The summed E-state index contributed by atoms with van der Waals surface area (Å²) in [6, 6.07) is 0. The van der Waals surface area contributed by atoms with E-state index in [0.29, 0.717) is 12.8 Å². The van der Waals surface area contributed by atoms with Gasteiger partial charge in [0.25, 0.3) is 0 Å². The van der Waals surface area contributed by atoms with Gasteiger partial charge in [-0.15, -0.1) is 0 Å². The third kappa shape index (κ3) is 31.9. The topological polar surface area (TPSA) is 149 Å². The van der Waals surface area contributed by atoms with Gasteiger partial charge in [-0.05, 0) is 38.5 Å². The number of allylic oxidation sites excluding steroid dienone is 2. The molecule has 0 bridgehead atoms. The molecule has 0 aromatic rings. The monoisotopic (exact) mass is 706 g/mol. The van der Waals surface area contributed by atoms with E-state index in [0.717, 1.165) is 44.9 Å². The summed E-state index contributed by atoms with van der Waals surface area (Å²) in [7, 11) is -4.62. The smallest absolute Gasteiger partial charge is 0.457 e. The van der Waals surface area contributed by atoms with Gasteiger partial charge >= 0.3 is 19.8 Å². The molecule has 10 nitrogen and oxygen atoms in total. The molecule has 0 rings (SSSR count). The Bertz CT molecular complexity index is 822. The lowest BCUT2D eigenvalue weighted by atomic mass is 10.1. The zero-order chi connectivity index (χ0) is 35.6. The van der Waals surface area contributed by atoms with Crippen LogP contribution in [0.25, 0.3) is 0 Å². The Hall–Kier alpha value is -1.29. The maximum absolute atomic E-state index is 12.3. The molecular weight excluding hydrogens is 635 g/mol. The van der Waals surface area contributed by atoms with Crippen LogP contribution in [-0.4, -0.2) is 65.7 Å². The van der Waals surface area contributed by atoms with Crippen LogP contribution in [0.15, 0.2) is 12.2 Å². The standard InChI is InChI=1S/C37H71O10P/c1-3-5-7-9-11-12-13-14-15-16-17-18-19-20-21-23-25-27-29-37(41)47-35(31-39)33-45-48(42,43)44-32-34(30-38)46-36(40)28-26-24-22-10-8-6-4-2/h15-16,34-35,38-39H,3-14,17-33H2,1-2H3,(H,42,43)/b16-15-. The fraction of sp³-hybridized carbons (Fsp3) is 0.892. The van der Waals surface area contributed by atoms with Gasteiger partial charge < -0.3 is 24.6 Å². The summed E-state index contributed by atoms with van der Waals surface area (Å²) in [5, 5.41) is 19.0. The van der Waals surface area contributed by atoms with Crippen LogP contribution in [0.3, 0.4) is 0 Å². The molecule has 3 atom stereocenters. The Labute approximate surface area is 292 Å². The zero-order valence-electron chi connectivity index (χ0n) is 30.5. The normalized spacial score (nSPS) is 14.2. The molecular formula is C37H71O10P. The number of esters is 2. The molecule has 3 unspecified atom stereocenters. The summed E-state index contributed by atoms with van der Waals surface area (Å²) in [4.78, 5) is 34.2. The van der Waals surface area contributed by atoms with Crippen LogP contribution in [0.4, 0.5) is 0 Å². The number of carbonyl (C=O) groups excluding carboxylic acids is 2. The van der Waals surface area contributed by atoms with Gasteiger partial charge in [0.15, 0.2) is 0 Å². The van der Waals surface area contributed by atoms with Crippen molar-refractivity contribution in [1.82, 2.24) is 0 Å². The molecule has 0 radical (unpaired) electrons. The number of aliphatic hydroxyl groups is 2. The van der Waals surface area contributed by atoms with Crippen molar-refractivity contribution < 1.29 is 47.8 Å². The van der Waals surface area contributed by atoms with Crippen LogP contribution < -0.4 is 0 Å². The zero-order valence-corrected chi connectivity index (χ0v) is 31.4. The predicted molar refractivity (Wildman–Crippen MR) is 192 cm³/mol. The number of hydrogen-bond donors (Lipinski definition) is 3. The largest absolute Gasteiger partial charge is 0.472 e. The molecule has 0 aromatic heterocycles. The third-order valence-corrected chi connectivity index (χ3v) is 9.18. The van der Waals surface area contributed by atoms with Crippen molar-refractivity contribution in [2.75, 3.05) is 26.4 Å². The van der Waals surface area contributed by atoms with E-state index in [1.807, 2.05) is 0 Å². The number of ether oxygens (including phenoxy) is 2. The number of hydrogen-bond acceptors (Lipinski definition) is 9. The highest BCUT2D eigenvalue weighted by molar-refractivity contribution is 7.47. The lowest BCUT2D eigenvalue weighted by molar-refractivity contribution is -0.153. The van der Waals surface area contributed by atoms with E-state index in [-0.39, 0.29) is 12.8 Å². The number of rotatable bonds is 36. The van der Waals surface area contributed by atoms with Crippen LogP contribution in [-0.2, 0) is 32.7 Å². The quantitative estimate of drug-likeness (QED) is 0.0249. The minimum absolute atomic E-state index is 0.190. The van der Waals surface area contributed by atoms with Crippen LogP contribution in [0.1, 0.15) is 174 Å². The first kappa shape index (κ1) is 46.7. The molecule has 0 fully saturated rings. The predicted octanol–water partition coefficient (Wildman–Crippen LogP) is 9.28. The van der Waals surface area contributed by atoms with Crippen molar-refractivity contribution in [2.45, 2.75) is 187 Å². The van der Waals surface area contributed by atoms with E-state index >= 15 is 0 Å². The lowest BCUT2D eigenvalue weighted by Crippen LogP contribution is -2.28. The summed E-state index contributed by atoms with van der Waals surface area (Å²) in [5.74, 6) is -1.03. The summed E-state index contributed by atoms with van der Waals surface area (Å²) >= 11 is 0. The van der Waals surface area contributed by atoms with Gasteiger partial charge in [-0.3, -0.25) is 18.6 Å². The molecule has 0 aliphatic heterocycles. The van der Waals surface area contributed by atoms with E-state index in [1.165, 1.54) is 89.9 Å². The van der Waals surface area contributed by atoms with Gasteiger partial charge in [-0.1, -0.05) is 135 Å². The Morgan fingerprint density at radius 3 is 1.19 bits per heavy atom. The van der Waals surface area contributed by atoms with Crippen molar-refractivity contribution in [1.29, 1.82) is 0 Å². The van der Waals surface area contributed by atoms with Crippen LogP contribution in [0, 0.1) is 0 Å². The number of phosphoric acid groups is 1. The Morgan fingerprint density at radius 1 is 0.542 bits per heavy atom. The summed E-state index contributed by atoms with van der Waals surface area (Å²) in [6.07, 6.45) is 29.3. The van der Waals surface area contributed by atoms with E-state index in [1.54, 1.807) is 0 Å². The number of phosphoric ester groups is 1. The molecule has 0 amide bonds. The van der Waals surface area contributed by atoms with Gasteiger partial charge in [-0.2, -0.15) is 0 Å². The van der Waals surface area contributed by atoms with E-state index in [9.17, 15) is 29.3 Å². The van der Waals surface area contributed by atoms with Crippen molar-refractivity contribution in [3.63, 3.8) is 0 Å². The highest BCUT2D eigenvalue weighted by Gasteiger charge is 2.27. The minimum Gasteiger partial charge on any atom is -0.457 e. The molecule has 3 N–H and O–H groups in total. The van der Waals surface area contributed by atoms with Gasteiger partial charge in [0.05, 0.1) is 26.4 Å². The molecule has 0 spiro atoms. The molecule has 0 saturated carbocycles. The summed E-state index contributed by atoms with van der Waals surface area (Å²) in [6.45, 7) is 2.14. The van der Waals surface area contributed by atoms with Crippen molar-refractivity contribution in [3.05, 3.63) is 12.2 Å². The van der Waals surface area contributed by atoms with Gasteiger partial charge in [0.2, 0.25) is 0 Å². The van der Waals surface area contributed by atoms with Crippen LogP contribution in [0.2, 0.25) is 0 Å². The molecule has 11 heteroatoms. The molecule has 0 aromatic carbocycles.